The SMILES string of the molecule is O=Cc1cc(O)ccc1-c1ccco1. The van der Waals surface area contributed by atoms with Gasteiger partial charge in [0.2, 0.25) is 0 Å². The van der Waals surface area contributed by atoms with E-state index in [1.807, 2.05) is 0 Å². The number of hydrogen-bond acceptors (Lipinski definition) is 3. The predicted molar refractivity (Wildman–Crippen MR) is 51.2 cm³/mol. The molecular formula is C11H8O3. The van der Waals surface area contributed by atoms with E-state index in [0.29, 0.717) is 23.2 Å². The number of phenolic OH excluding ortho intramolecular Hbond substituents is 1. The first-order valence-corrected chi connectivity index (χ1v) is 4.13. The second-order valence-corrected chi connectivity index (χ2v) is 2.87. The van der Waals surface area contributed by atoms with Crippen molar-refractivity contribution in [2.75, 3.05) is 0 Å². The van der Waals surface area contributed by atoms with E-state index in [1.165, 1.54) is 18.4 Å². The number of furan rings is 1. The molecule has 0 atom stereocenters. The summed E-state index contributed by atoms with van der Waals surface area (Å²) in [4.78, 5) is 10.7. The van der Waals surface area contributed by atoms with Crippen LogP contribution in [0.3, 0.4) is 0 Å². The topological polar surface area (TPSA) is 50.4 Å². The van der Waals surface area contributed by atoms with Gasteiger partial charge in [0.25, 0.3) is 0 Å². The highest BCUT2D eigenvalue weighted by molar-refractivity contribution is 5.86. The Morgan fingerprint density at radius 3 is 2.79 bits per heavy atom. The molecule has 0 aliphatic carbocycles. The zero-order chi connectivity index (χ0) is 9.97. The Bertz CT molecular complexity index is 444. The van der Waals surface area contributed by atoms with Crippen LogP contribution in [0.15, 0.2) is 41.0 Å². The summed E-state index contributed by atoms with van der Waals surface area (Å²) in [6, 6.07) is 8.09. The minimum absolute atomic E-state index is 0.0717. The summed E-state index contributed by atoms with van der Waals surface area (Å²) in [6.45, 7) is 0. The van der Waals surface area contributed by atoms with Gasteiger partial charge in [-0.15, -0.1) is 0 Å². The van der Waals surface area contributed by atoms with Gasteiger partial charge in [-0.2, -0.15) is 0 Å². The van der Waals surface area contributed by atoms with Gasteiger partial charge < -0.3 is 9.52 Å². The number of phenols is 1. The maximum absolute atomic E-state index is 10.7. The minimum Gasteiger partial charge on any atom is -0.508 e. The molecule has 0 saturated heterocycles. The number of aromatic hydroxyl groups is 1. The zero-order valence-electron chi connectivity index (χ0n) is 7.31. The number of carbonyl (C=O) groups excluding carboxylic acids is 1. The minimum atomic E-state index is 0.0717. The Balaban J connectivity index is 2.58. The number of aldehydes is 1. The predicted octanol–water partition coefficient (Wildman–Crippen LogP) is 2.46. The van der Waals surface area contributed by atoms with E-state index in [0.717, 1.165) is 0 Å². The Labute approximate surface area is 80.6 Å². The van der Waals surface area contributed by atoms with Gasteiger partial charge in [0, 0.05) is 11.1 Å². The molecule has 14 heavy (non-hydrogen) atoms. The fourth-order valence-electron chi connectivity index (χ4n) is 1.30. The van der Waals surface area contributed by atoms with Gasteiger partial charge in [-0.1, -0.05) is 0 Å². The van der Waals surface area contributed by atoms with Crippen LogP contribution >= 0.6 is 0 Å². The average Bonchev–Trinajstić information content (AvgIpc) is 2.70. The molecule has 1 aromatic heterocycles. The summed E-state index contributed by atoms with van der Waals surface area (Å²) in [5.41, 5.74) is 1.10. The van der Waals surface area contributed by atoms with Crippen molar-refractivity contribution >= 4 is 6.29 Å². The maximum atomic E-state index is 10.7. The van der Waals surface area contributed by atoms with Crippen molar-refractivity contribution in [3.63, 3.8) is 0 Å². The van der Waals surface area contributed by atoms with Crippen LogP contribution in [-0.2, 0) is 0 Å². The summed E-state index contributed by atoms with van der Waals surface area (Å²) >= 11 is 0. The third kappa shape index (κ3) is 1.40. The molecule has 70 valence electrons. The van der Waals surface area contributed by atoms with E-state index < -0.39 is 0 Å². The number of rotatable bonds is 2. The van der Waals surface area contributed by atoms with Crippen molar-refractivity contribution in [3.05, 3.63) is 42.2 Å². The van der Waals surface area contributed by atoms with Gasteiger partial charge >= 0.3 is 0 Å². The van der Waals surface area contributed by atoms with Crippen molar-refractivity contribution in [2.24, 2.45) is 0 Å². The fourth-order valence-corrected chi connectivity index (χ4v) is 1.30. The van der Waals surface area contributed by atoms with E-state index in [1.54, 1.807) is 18.2 Å². The largest absolute Gasteiger partial charge is 0.508 e. The second kappa shape index (κ2) is 3.38. The number of hydrogen-bond donors (Lipinski definition) is 1. The Morgan fingerprint density at radius 2 is 2.14 bits per heavy atom. The van der Waals surface area contributed by atoms with Gasteiger partial charge in [-0.3, -0.25) is 4.79 Å². The fraction of sp³-hybridized carbons (Fsp3) is 0. The van der Waals surface area contributed by atoms with Crippen molar-refractivity contribution in [1.29, 1.82) is 0 Å². The monoisotopic (exact) mass is 188 g/mol. The summed E-state index contributed by atoms with van der Waals surface area (Å²) in [7, 11) is 0. The quantitative estimate of drug-likeness (QED) is 0.736. The number of benzene rings is 1. The molecule has 1 N–H and O–H groups in total. The molecule has 0 bridgehead atoms. The highest BCUT2D eigenvalue weighted by Gasteiger charge is 2.07. The standard InChI is InChI=1S/C11H8O3/c12-7-8-6-9(13)3-4-10(8)11-2-1-5-14-11/h1-7,13H. The smallest absolute Gasteiger partial charge is 0.150 e. The van der Waals surface area contributed by atoms with E-state index in [9.17, 15) is 9.90 Å². The molecule has 0 saturated carbocycles. The van der Waals surface area contributed by atoms with Gasteiger partial charge in [0.05, 0.1) is 6.26 Å². The van der Waals surface area contributed by atoms with E-state index in [2.05, 4.69) is 0 Å². The normalized spacial score (nSPS) is 10.0. The van der Waals surface area contributed by atoms with Crippen LogP contribution in [0, 0.1) is 0 Å². The maximum Gasteiger partial charge on any atom is 0.150 e. The molecule has 2 rings (SSSR count). The molecule has 0 aliphatic heterocycles. The van der Waals surface area contributed by atoms with E-state index in [-0.39, 0.29) is 5.75 Å². The molecule has 0 amide bonds. The second-order valence-electron chi connectivity index (χ2n) is 2.87. The first-order valence-electron chi connectivity index (χ1n) is 4.13. The first-order chi connectivity index (χ1) is 6.81. The highest BCUT2D eigenvalue weighted by Crippen LogP contribution is 2.25. The van der Waals surface area contributed by atoms with Crippen LogP contribution in [0.2, 0.25) is 0 Å². The van der Waals surface area contributed by atoms with Gasteiger partial charge in [-0.25, -0.2) is 0 Å². The van der Waals surface area contributed by atoms with Crippen LogP contribution in [0.5, 0.6) is 5.75 Å². The van der Waals surface area contributed by atoms with E-state index >= 15 is 0 Å². The van der Waals surface area contributed by atoms with Crippen molar-refractivity contribution < 1.29 is 14.3 Å². The molecule has 3 nitrogen and oxygen atoms in total. The average molecular weight is 188 g/mol. The lowest BCUT2D eigenvalue weighted by atomic mass is 10.1. The molecule has 2 aromatic rings. The van der Waals surface area contributed by atoms with Gasteiger partial charge in [0.15, 0.2) is 6.29 Å². The molecule has 1 aromatic carbocycles. The van der Waals surface area contributed by atoms with Crippen LogP contribution in [0.25, 0.3) is 11.3 Å². The highest BCUT2D eigenvalue weighted by atomic mass is 16.3. The van der Waals surface area contributed by atoms with Crippen LogP contribution in [-0.4, -0.2) is 11.4 Å². The Hall–Kier alpha value is -2.03. The third-order valence-corrected chi connectivity index (χ3v) is 1.95. The lowest BCUT2D eigenvalue weighted by molar-refractivity contribution is 0.112. The van der Waals surface area contributed by atoms with Crippen molar-refractivity contribution in [3.8, 4) is 17.1 Å². The zero-order valence-corrected chi connectivity index (χ0v) is 7.31. The van der Waals surface area contributed by atoms with Gasteiger partial charge in [0.1, 0.15) is 11.5 Å². The molecule has 0 aliphatic rings. The van der Waals surface area contributed by atoms with Gasteiger partial charge in [-0.05, 0) is 30.3 Å². The molecule has 0 spiro atoms. The Kier molecular flexibility index (Phi) is 2.07. The lowest BCUT2D eigenvalue weighted by Gasteiger charge is -2.01. The third-order valence-electron chi connectivity index (χ3n) is 1.95. The molecular weight excluding hydrogens is 180 g/mol. The number of carbonyl (C=O) groups is 1. The summed E-state index contributed by atoms with van der Waals surface area (Å²) in [5.74, 6) is 0.689. The first kappa shape index (κ1) is 8.56. The molecule has 1 heterocycles. The van der Waals surface area contributed by atoms with Crippen LogP contribution in [0.4, 0.5) is 0 Å². The summed E-state index contributed by atoms with van der Waals surface area (Å²) < 4.78 is 5.16. The van der Waals surface area contributed by atoms with Crippen molar-refractivity contribution in [2.45, 2.75) is 0 Å². The summed E-state index contributed by atoms with van der Waals surface area (Å²) in [6.07, 6.45) is 2.23. The molecule has 0 radical (unpaired) electrons. The van der Waals surface area contributed by atoms with Crippen molar-refractivity contribution in [1.82, 2.24) is 0 Å². The van der Waals surface area contributed by atoms with E-state index in [4.69, 9.17) is 4.42 Å². The van der Waals surface area contributed by atoms with Crippen LogP contribution < -0.4 is 0 Å². The molecule has 0 unspecified atom stereocenters. The summed E-state index contributed by atoms with van der Waals surface area (Å²) in [5, 5.41) is 9.18. The molecule has 0 fully saturated rings. The molecule has 3 heteroatoms. The van der Waals surface area contributed by atoms with Crippen LogP contribution in [0.1, 0.15) is 10.4 Å². The lowest BCUT2D eigenvalue weighted by Crippen LogP contribution is -1.85. The Morgan fingerprint density at radius 1 is 1.29 bits per heavy atom.